The first-order chi connectivity index (χ1) is 9.09. The molecule has 1 saturated carbocycles. The van der Waals surface area contributed by atoms with E-state index in [0.29, 0.717) is 18.8 Å². The fourth-order valence-corrected chi connectivity index (χ4v) is 3.53. The molecule has 19 heavy (non-hydrogen) atoms. The molecule has 2 atom stereocenters. The summed E-state index contributed by atoms with van der Waals surface area (Å²) in [5.74, 6) is -1.77. The highest BCUT2D eigenvalue weighted by molar-refractivity contribution is 6.22. The number of fused-ring (bicyclic) bond motifs is 3. The lowest BCUT2D eigenvalue weighted by molar-refractivity contribution is -0.144. The Balaban J connectivity index is 1.82. The maximum atomic E-state index is 12.2. The Bertz CT molecular complexity index is 549. The highest BCUT2D eigenvalue weighted by Gasteiger charge is 2.67. The fourth-order valence-electron chi connectivity index (χ4n) is 3.53. The summed E-state index contributed by atoms with van der Waals surface area (Å²) in [5, 5.41) is 16.9. The van der Waals surface area contributed by atoms with E-state index in [2.05, 4.69) is 10.6 Å². The third-order valence-electron chi connectivity index (χ3n) is 4.50. The average molecular weight is 260 g/mol. The molecule has 1 aliphatic carbocycles. The third kappa shape index (κ3) is 1.13. The van der Waals surface area contributed by atoms with Gasteiger partial charge in [0, 0.05) is 32.5 Å². The van der Waals surface area contributed by atoms with Gasteiger partial charge in [0.15, 0.2) is 17.1 Å². The first-order valence-electron chi connectivity index (χ1n) is 6.39. The molecule has 0 aromatic heterocycles. The molecule has 99 valence electrons. The topological polar surface area (TPSA) is 81.7 Å². The lowest BCUT2D eigenvalue weighted by Gasteiger charge is -2.35. The number of hydrogen-bond donors (Lipinski definition) is 3. The van der Waals surface area contributed by atoms with E-state index in [1.54, 1.807) is 4.90 Å². The van der Waals surface area contributed by atoms with Crippen molar-refractivity contribution in [1.29, 1.82) is 0 Å². The lowest BCUT2D eigenvalue weighted by atomic mass is 9.94. The Morgan fingerprint density at radius 3 is 2.95 bits per heavy atom. The maximum Gasteiger partial charge on any atom is 0.219 e. The number of ketones is 2. The van der Waals surface area contributed by atoms with Crippen LogP contribution < -0.4 is 10.6 Å². The number of aliphatic hydroxyl groups is 1. The zero-order chi connectivity index (χ0) is 13.3. The minimum absolute atomic E-state index is 0.134. The molecule has 4 rings (SSSR count). The number of nitrogens with one attached hydrogen (secondary N) is 2. The highest BCUT2D eigenvalue weighted by atomic mass is 16.3. The van der Waals surface area contributed by atoms with Gasteiger partial charge in [0.2, 0.25) is 5.85 Å². The first kappa shape index (κ1) is 11.3. The van der Waals surface area contributed by atoms with Crippen LogP contribution in [-0.4, -0.2) is 52.6 Å². The fraction of sp³-hybridized carbons (Fsp3) is 0.462. The van der Waals surface area contributed by atoms with Crippen molar-refractivity contribution in [3.63, 3.8) is 0 Å². The minimum atomic E-state index is -1.43. The second-order valence-corrected chi connectivity index (χ2v) is 5.35. The van der Waals surface area contributed by atoms with Crippen LogP contribution in [-0.2, 0) is 9.59 Å². The summed E-state index contributed by atoms with van der Waals surface area (Å²) in [5.41, 5.74) is 0.369. The lowest BCUT2D eigenvalue weighted by Crippen LogP contribution is -2.60. The molecule has 0 aromatic carbocycles. The molecule has 1 spiro atoms. The monoisotopic (exact) mass is 260 g/mol. The summed E-state index contributed by atoms with van der Waals surface area (Å²) in [6.07, 6.45) is 5.48. The van der Waals surface area contributed by atoms with Crippen LogP contribution in [0.3, 0.4) is 0 Å². The number of hydrogen-bond acceptors (Lipinski definition) is 6. The summed E-state index contributed by atoms with van der Waals surface area (Å²) < 4.78 is 0. The second kappa shape index (κ2) is 3.33. The van der Waals surface area contributed by atoms with E-state index in [0.717, 1.165) is 5.57 Å². The zero-order valence-electron chi connectivity index (χ0n) is 10.3. The van der Waals surface area contributed by atoms with Crippen molar-refractivity contribution in [2.75, 3.05) is 19.6 Å². The van der Waals surface area contributed by atoms with Gasteiger partial charge in [-0.3, -0.25) is 14.9 Å². The van der Waals surface area contributed by atoms with E-state index in [1.165, 1.54) is 6.42 Å². The number of rotatable bonds is 0. The molecule has 2 unspecified atom stereocenters. The molecule has 0 aromatic rings. The van der Waals surface area contributed by atoms with E-state index in [9.17, 15) is 14.7 Å². The van der Waals surface area contributed by atoms with Crippen molar-refractivity contribution in [2.24, 2.45) is 0 Å². The summed E-state index contributed by atoms with van der Waals surface area (Å²) in [6.45, 7) is 1.20. The van der Waals surface area contributed by atoms with Gasteiger partial charge in [0.25, 0.3) is 0 Å². The zero-order valence-corrected chi connectivity index (χ0v) is 10.3. The van der Waals surface area contributed by atoms with Gasteiger partial charge in [-0.1, -0.05) is 12.2 Å². The van der Waals surface area contributed by atoms with Crippen LogP contribution in [0.15, 0.2) is 23.4 Å². The molecule has 6 nitrogen and oxygen atoms in total. The van der Waals surface area contributed by atoms with Crippen LogP contribution in [0.1, 0.15) is 6.42 Å². The maximum absolute atomic E-state index is 12.2. The Kier molecular flexibility index (Phi) is 1.99. The first-order valence-corrected chi connectivity index (χ1v) is 6.39. The molecule has 3 heterocycles. The molecular weight excluding hydrogens is 246 g/mol. The van der Waals surface area contributed by atoms with Gasteiger partial charge in [-0.05, 0) is 5.57 Å². The Morgan fingerprint density at radius 1 is 1.37 bits per heavy atom. The molecular formula is C13H14N3O3. The minimum Gasteiger partial charge on any atom is -0.380 e. The van der Waals surface area contributed by atoms with Crippen molar-refractivity contribution >= 4 is 11.6 Å². The van der Waals surface area contributed by atoms with Gasteiger partial charge in [0.05, 0.1) is 5.70 Å². The van der Waals surface area contributed by atoms with Gasteiger partial charge in [0.1, 0.15) is 0 Å². The normalized spacial score (nSPS) is 36.1. The van der Waals surface area contributed by atoms with Crippen LogP contribution in [0.2, 0.25) is 0 Å². The molecule has 0 bridgehead atoms. The van der Waals surface area contributed by atoms with Crippen molar-refractivity contribution in [3.8, 4) is 0 Å². The summed E-state index contributed by atoms with van der Waals surface area (Å²) in [7, 11) is 0. The number of dihydropyridines is 1. The van der Waals surface area contributed by atoms with Crippen molar-refractivity contribution in [3.05, 3.63) is 29.8 Å². The molecule has 1 saturated heterocycles. The highest BCUT2D eigenvalue weighted by Crippen LogP contribution is 2.44. The van der Waals surface area contributed by atoms with E-state index in [1.807, 2.05) is 12.2 Å². The van der Waals surface area contributed by atoms with Crippen molar-refractivity contribution < 1.29 is 14.7 Å². The largest absolute Gasteiger partial charge is 0.380 e. The molecule has 4 aliphatic rings. The van der Waals surface area contributed by atoms with Gasteiger partial charge in [-0.2, -0.15) is 0 Å². The van der Waals surface area contributed by atoms with Gasteiger partial charge in [-0.25, -0.2) is 4.90 Å². The number of carbonyl (C=O) groups is 2. The standard InChI is InChI=1S/C13H14N3O3/c17-9-3-4-10(18)12(9)7-15-13(19)11-8(6-16(12)13)2-1-5-14-11/h1-3,14-15,19H,4-7H2. The van der Waals surface area contributed by atoms with Crippen LogP contribution in [0.5, 0.6) is 0 Å². The van der Waals surface area contributed by atoms with Crippen LogP contribution in [0.4, 0.5) is 0 Å². The van der Waals surface area contributed by atoms with Gasteiger partial charge < -0.3 is 10.4 Å². The van der Waals surface area contributed by atoms with Crippen molar-refractivity contribution in [2.45, 2.75) is 17.8 Å². The van der Waals surface area contributed by atoms with Crippen LogP contribution in [0, 0.1) is 6.42 Å². The van der Waals surface area contributed by atoms with Gasteiger partial charge >= 0.3 is 0 Å². The molecule has 1 radical (unpaired) electrons. The Hall–Kier alpha value is -1.50. The molecule has 0 amide bonds. The summed E-state index contributed by atoms with van der Waals surface area (Å²) >= 11 is 0. The number of carbonyl (C=O) groups excluding carboxylic acids is 2. The predicted octanol–water partition coefficient (Wildman–Crippen LogP) is -1.55. The summed E-state index contributed by atoms with van der Waals surface area (Å²) in [6, 6.07) is 0. The molecule has 6 heteroatoms. The average Bonchev–Trinajstić information content (AvgIpc) is 2.97. The predicted molar refractivity (Wildman–Crippen MR) is 65.5 cm³/mol. The third-order valence-corrected chi connectivity index (χ3v) is 4.50. The van der Waals surface area contributed by atoms with E-state index in [4.69, 9.17) is 0 Å². The molecule has 2 fully saturated rings. The SMILES string of the molecule is O=C1[CH]CC(=O)C12CNC1(O)C3=C(C=CCN3)CN12. The Labute approximate surface area is 110 Å². The van der Waals surface area contributed by atoms with Crippen molar-refractivity contribution in [1.82, 2.24) is 15.5 Å². The smallest absolute Gasteiger partial charge is 0.219 e. The van der Waals surface area contributed by atoms with E-state index >= 15 is 0 Å². The van der Waals surface area contributed by atoms with Crippen LogP contribution in [0.25, 0.3) is 0 Å². The van der Waals surface area contributed by atoms with Gasteiger partial charge in [-0.15, -0.1) is 0 Å². The van der Waals surface area contributed by atoms with Crippen LogP contribution >= 0.6 is 0 Å². The molecule has 3 aliphatic heterocycles. The van der Waals surface area contributed by atoms with E-state index in [-0.39, 0.29) is 24.5 Å². The number of nitrogens with zero attached hydrogens (tertiary/aromatic N) is 1. The quantitative estimate of drug-likeness (QED) is 0.458. The second-order valence-electron chi connectivity index (χ2n) is 5.35. The molecule has 3 N–H and O–H groups in total. The summed E-state index contributed by atoms with van der Waals surface area (Å²) in [4.78, 5) is 26.0. The number of Topliss-reactive ketones (excluding diaryl/α,β-unsaturated/α-hetero) is 2. The Morgan fingerprint density at radius 2 is 2.21 bits per heavy atom. The van der Waals surface area contributed by atoms with E-state index < -0.39 is 11.4 Å².